The average molecular weight is 284 g/mol. The van der Waals surface area contributed by atoms with Gasteiger partial charge in [-0.1, -0.05) is 12.1 Å². The maximum Gasteiger partial charge on any atom is 0.335 e. The predicted octanol–water partition coefficient (Wildman–Crippen LogP) is 2.46. The summed E-state index contributed by atoms with van der Waals surface area (Å²) >= 11 is 0. The second kappa shape index (κ2) is 6.09. The van der Waals surface area contributed by atoms with Crippen molar-refractivity contribution < 1.29 is 14.7 Å². The lowest BCUT2D eigenvalue weighted by Crippen LogP contribution is -2.15. The quantitative estimate of drug-likeness (QED) is 0.752. The second-order valence-electron chi connectivity index (χ2n) is 4.80. The van der Waals surface area contributed by atoms with Crippen LogP contribution in [0.25, 0.3) is 0 Å². The Hall–Kier alpha value is -2.82. The van der Waals surface area contributed by atoms with E-state index in [1.54, 1.807) is 37.3 Å². The van der Waals surface area contributed by atoms with E-state index in [1.807, 2.05) is 6.07 Å². The van der Waals surface area contributed by atoms with Gasteiger partial charge in [0.25, 0.3) is 0 Å². The summed E-state index contributed by atoms with van der Waals surface area (Å²) in [5, 5.41) is 11.7. The molecule has 0 radical (unpaired) electrons. The van der Waals surface area contributed by atoms with Crippen LogP contribution in [0.15, 0.2) is 42.5 Å². The van der Waals surface area contributed by atoms with Crippen molar-refractivity contribution in [1.82, 2.24) is 0 Å². The number of nitrogen functional groups attached to an aromatic ring is 1. The molecule has 1 amide bonds. The van der Waals surface area contributed by atoms with Crippen LogP contribution in [0, 0.1) is 6.92 Å². The van der Waals surface area contributed by atoms with E-state index >= 15 is 0 Å². The van der Waals surface area contributed by atoms with Gasteiger partial charge >= 0.3 is 5.97 Å². The van der Waals surface area contributed by atoms with Gasteiger partial charge < -0.3 is 16.2 Å². The number of aromatic carboxylic acids is 1. The van der Waals surface area contributed by atoms with E-state index in [-0.39, 0.29) is 17.9 Å². The second-order valence-corrected chi connectivity index (χ2v) is 4.80. The highest BCUT2D eigenvalue weighted by Gasteiger charge is 2.09. The fraction of sp³-hybridized carbons (Fsp3) is 0.125. The maximum absolute atomic E-state index is 12.0. The van der Waals surface area contributed by atoms with Crippen LogP contribution in [0.5, 0.6) is 0 Å². The Labute approximate surface area is 122 Å². The number of hydrogen-bond acceptors (Lipinski definition) is 3. The van der Waals surface area contributed by atoms with Crippen LogP contribution in [0.1, 0.15) is 21.5 Å². The lowest BCUT2D eigenvalue weighted by atomic mass is 10.1. The molecule has 0 aliphatic rings. The van der Waals surface area contributed by atoms with Crippen LogP contribution in [-0.4, -0.2) is 17.0 Å². The lowest BCUT2D eigenvalue weighted by molar-refractivity contribution is -0.115. The molecule has 0 aliphatic carbocycles. The zero-order chi connectivity index (χ0) is 15.4. The number of carboxylic acids is 1. The number of aryl methyl sites for hydroxylation is 1. The third-order valence-corrected chi connectivity index (χ3v) is 3.06. The molecular formula is C16H16N2O3. The lowest BCUT2D eigenvalue weighted by Gasteiger charge is -2.08. The number of carbonyl (C=O) groups excluding carboxylic acids is 1. The van der Waals surface area contributed by atoms with Crippen molar-refractivity contribution in [2.75, 3.05) is 11.1 Å². The fourth-order valence-corrected chi connectivity index (χ4v) is 2.08. The molecule has 2 rings (SSSR count). The number of benzene rings is 2. The number of nitrogens with two attached hydrogens (primary N) is 1. The van der Waals surface area contributed by atoms with Gasteiger partial charge in [0.05, 0.1) is 12.0 Å². The van der Waals surface area contributed by atoms with Gasteiger partial charge in [0.15, 0.2) is 0 Å². The van der Waals surface area contributed by atoms with Crippen LogP contribution < -0.4 is 11.1 Å². The van der Waals surface area contributed by atoms with Crippen molar-refractivity contribution in [2.24, 2.45) is 0 Å². The molecule has 0 unspecified atom stereocenters. The summed E-state index contributed by atoms with van der Waals surface area (Å²) in [5.41, 5.74) is 8.50. The first-order valence-electron chi connectivity index (χ1n) is 6.44. The van der Waals surface area contributed by atoms with Crippen LogP contribution in [0.4, 0.5) is 11.4 Å². The Balaban J connectivity index is 2.06. The number of nitrogens with one attached hydrogen (secondary N) is 1. The highest BCUT2D eigenvalue weighted by atomic mass is 16.4. The summed E-state index contributed by atoms with van der Waals surface area (Å²) in [6, 6.07) is 11.8. The highest BCUT2D eigenvalue weighted by Crippen LogP contribution is 2.16. The SMILES string of the molecule is Cc1cc(NC(=O)Cc2cccc(N)c2)ccc1C(=O)O. The van der Waals surface area contributed by atoms with Gasteiger partial charge in [-0.3, -0.25) is 4.79 Å². The van der Waals surface area contributed by atoms with Crippen LogP contribution in [0.2, 0.25) is 0 Å². The summed E-state index contributed by atoms with van der Waals surface area (Å²) in [6.07, 6.45) is 0.213. The van der Waals surface area contributed by atoms with Gasteiger partial charge in [0.1, 0.15) is 0 Å². The van der Waals surface area contributed by atoms with E-state index in [4.69, 9.17) is 10.8 Å². The normalized spacial score (nSPS) is 10.1. The molecule has 108 valence electrons. The molecule has 4 N–H and O–H groups in total. The van der Waals surface area contributed by atoms with Crippen LogP contribution in [-0.2, 0) is 11.2 Å². The summed E-state index contributed by atoms with van der Waals surface area (Å²) < 4.78 is 0. The molecule has 0 spiro atoms. The first-order chi connectivity index (χ1) is 9.95. The van der Waals surface area contributed by atoms with E-state index in [2.05, 4.69) is 5.32 Å². The summed E-state index contributed by atoms with van der Waals surface area (Å²) in [6.45, 7) is 1.69. The molecule has 2 aromatic carbocycles. The first kappa shape index (κ1) is 14.6. The Morgan fingerprint density at radius 3 is 2.57 bits per heavy atom. The third-order valence-electron chi connectivity index (χ3n) is 3.06. The third kappa shape index (κ3) is 3.82. The Kier molecular flexibility index (Phi) is 4.23. The van der Waals surface area contributed by atoms with E-state index in [1.165, 1.54) is 6.07 Å². The number of carboxylic acid groups (broad SMARTS) is 1. The van der Waals surface area contributed by atoms with Gasteiger partial charge in [-0.15, -0.1) is 0 Å². The predicted molar refractivity (Wildman–Crippen MR) is 81.3 cm³/mol. The van der Waals surface area contributed by atoms with E-state index in [0.29, 0.717) is 16.9 Å². The summed E-state index contributed by atoms with van der Waals surface area (Å²) in [7, 11) is 0. The summed E-state index contributed by atoms with van der Waals surface area (Å²) in [4.78, 5) is 22.9. The van der Waals surface area contributed by atoms with Gasteiger partial charge in [0.2, 0.25) is 5.91 Å². The molecular weight excluding hydrogens is 268 g/mol. The van der Waals surface area contributed by atoms with Gasteiger partial charge in [-0.2, -0.15) is 0 Å². The van der Waals surface area contributed by atoms with Crippen molar-refractivity contribution in [3.63, 3.8) is 0 Å². The van der Waals surface area contributed by atoms with Gasteiger partial charge in [-0.05, 0) is 48.4 Å². The highest BCUT2D eigenvalue weighted by molar-refractivity contribution is 5.94. The number of hydrogen-bond donors (Lipinski definition) is 3. The van der Waals surface area contributed by atoms with Crippen molar-refractivity contribution in [3.8, 4) is 0 Å². The molecule has 0 saturated carbocycles. The molecule has 5 nitrogen and oxygen atoms in total. The number of anilines is 2. The average Bonchev–Trinajstić information content (AvgIpc) is 2.38. The molecule has 0 aromatic heterocycles. The Morgan fingerprint density at radius 2 is 1.95 bits per heavy atom. The molecule has 0 aliphatic heterocycles. The fourth-order valence-electron chi connectivity index (χ4n) is 2.08. The molecule has 0 bridgehead atoms. The number of carbonyl (C=O) groups is 2. The van der Waals surface area contributed by atoms with Crippen molar-refractivity contribution in [2.45, 2.75) is 13.3 Å². The van der Waals surface area contributed by atoms with Crippen LogP contribution >= 0.6 is 0 Å². The van der Waals surface area contributed by atoms with Gasteiger partial charge in [-0.25, -0.2) is 4.79 Å². The largest absolute Gasteiger partial charge is 0.478 e. The number of rotatable bonds is 4. The molecule has 21 heavy (non-hydrogen) atoms. The Bertz CT molecular complexity index is 696. The van der Waals surface area contributed by atoms with Gasteiger partial charge in [0, 0.05) is 11.4 Å². The van der Waals surface area contributed by atoms with Crippen molar-refractivity contribution in [1.29, 1.82) is 0 Å². The van der Waals surface area contributed by atoms with E-state index in [9.17, 15) is 9.59 Å². The monoisotopic (exact) mass is 284 g/mol. The van der Waals surface area contributed by atoms with E-state index < -0.39 is 5.97 Å². The molecule has 5 heteroatoms. The van der Waals surface area contributed by atoms with E-state index in [0.717, 1.165) is 5.56 Å². The molecule has 0 fully saturated rings. The first-order valence-corrected chi connectivity index (χ1v) is 6.44. The maximum atomic E-state index is 12.0. The number of amides is 1. The summed E-state index contributed by atoms with van der Waals surface area (Å²) in [5.74, 6) is -1.16. The minimum absolute atomic E-state index is 0.178. The van der Waals surface area contributed by atoms with Crippen LogP contribution in [0.3, 0.4) is 0 Å². The van der Waals surface area contributed by atoms with Crippen molar-refractivity contribution >= 4 is 23.3 Å². The zero-order valence-electron chi connectivity index (χ0n) is 11.6. The molecule has 0 saturated heterocycles. The minimum atomic E-state index is -0.981. The minimum Gasteiger partial charge on any atom is -0.478 e. The zero-order valence-corrected chi connectivity index (χ0v) is 11.6. The molecule has 0 heterocycles. The Morgan fingerprint density at radius 1 is 1.19 bits per heavy atom. The topological polar surface area (TPSA) is 92.4 Å². The molecule has 0 atom stereocenters. The van der Waals surface area contributed by atoms with Crippen molar-refractivity contribution in [3.05, 3.63) is 59.2 Å². The smallest absolute Gasteiger partial charge is 0.335 e. The standard InChI is InChI=1S/C16H16N2O3/c1-10-7-13(5-6-14(10)16(20)21)18-15(19)9-11-3-2-4-12(17)8-11/h2-8H,9,17H2,1H3,(H,18,19)(H,20,21). The molecule has 2 aromatic rings.